The van der Waals surface area contributed by atoms with Gasteiger partial charge in [-0.15, -0.1) is 0 Å². The number of carboxylic acids is 1. The maximum absolute atomic E-state index is 10.5. The van der Waals surface area contributed by atoms with Crippen molar-refractivity contribution in [3.8, 4) is 0 Å². The lowest BCUT2D eigenvalue weighted by atomic mass is 10.2. The van der Waals surface area contributed by atoms with Crippen LogP contribution in [0.15, 0.2) is 12.1 Å². The zero-order chi connectivity index (χ0) is 10.0. The van der Waals surface area contributed by atoms with Gasteiger partial charge in [0.05, 0.1) is 10.7 Å². The van der Waals surface area contributed by atoms with Crippen LogP contribution in [-0.4, -0.2) is 16.1 Å². The largest absolute Gasteiger partial charge is 0.480 e. The van der Waals surface area contributed by atoms with Crippen LogP contribution >= 0.6 is 23.2 Å². The molecule has 0 aliphatic heterocycles. The molecule has 0 radical (unpaired) electrons. The average molecular weight is 221 g/mol. The summed E-state index contributed by atoms with van der Waals surface area (Å²) in [5, 5.41) is 8.87. The van der Waals surface area contributed by atoms with Gasteiger partial charge in [-0.3, -0.25) is 4.79 Å². The second-order valence-corrected chi connectivity index (χ2v) is 3.09. The van der Waals surface area contributed by atoms with Gasteiger partial charge < -0.3 is 10.8 Å². The molecule has 0 unspecified atom stereocenters. The number of nitrogens with zero attached hydrogens (tertiary/aromatic N) is 1. The highest BCUT2D eigenvalue weighted by molar-refractivity contribution is 6.41. The van der Waals surface area contributed by atoms with E-state index in [9.17, 15) is 4.79 Å². The van der Waals surface area contributed by atoms with Gasteiger partial charge in [-0.05, 0) is 12.1 Å². The average Bonchev–Trinajstić information content (AvgIpc) is 2.08. The second kappa shape index (κ2) is 3.91. The Morgan fingerprint density at radius 1 is 1.54 bits per heavy atom. The van der Waals surface area contributed by atoms with Crippen molar-refractivity contribution in [2.24, 2.45) is 5.73 Å². The summed E-state index contributed by atoms with van der Waals surface area (Å²) >= 11 is 11.2. The van der Waals surface area contributed by atoms with Crippen molar-refractivity contribution in [3.63, 3.8) is 0 Å². The highest BCUT2D eigenvalue weighted by Crippen LogP contribution is 2.21. The molecule has 0 aromatic carbocycles. The number of carbonyl (C=O) groups is 1. The van der Waals surface area contributed by atoms with E-state index in [4.69, 9.17) is 34.0 Å². The lowest BCUT2D eigenvalue weighted by Crippen LogP contribution is -2.21. The van der Waals surface area contributed by atoms with E-state index in [2.05, 4.69) is 4.98 Å². The van der Waals surface area contributed by atoms with Gasteiger partial charge in [0.1, 0.15) is 11.2 Å². The molecule has 1 aromatic heterocycles. The second-order valence-electron chi connectivity index (χ2n) is 2.32. The molecular formula is C7H6Cl2N2O2. The Hall–Kier alpha value is -0.840. The minimum absolute atomic E-state index is 0.0517. The monoisotopic (exact) mass is 220 g/mol. The summed E-state index contributed by atoms with van der Waals surface area (Å²) in [5.74, 6) is -1.16. The summed E-state index contributed by atoms with van der Waals surface area (Å²) < 4.78 is 0. The summed E-state index contributed by atoms with van der Waals surface area (Å²) in [6.07, 6.45) is 0. The first-order valence-corrected chi connectivity index (χ1v) is 4.08. The number of halogens is 2. The highest BCUT2D eigenvalue weighted by Gasteiger charge is 2.16. The lowest BCUT2D eigenvalue weighted by molar-refractivity contribution is -0.138. The minimum atomic E-state index is -1.17. The Bertz CT molecular complexity index is 343. The number of pyridine rings is 1. The smallest absolute Gasteiger partial charge is 0.326 e. The van der Waals surface area contributed by atoms with E-state index < -0.39 is 12.0 Å². The van der Waals surface area contributed by atoms with Crippen molar-refractivity contribution in [3.05, 3.63) is 28.0 Å². The molecule has 1 aromatic rings. The molecule has 1 atom stereocenters. The summed E-state index contributed by atoms with van der Waals surface area (Å²) in [4.78, 5) is 14.2. The molecule has 0 spiro atoms. The van der Waals surface area contributed by atoms with E-state index in [-0.39, 0.29) is 15.9 Å². The fourth-order valence-corrected chi connectivity index (χ4v) is 0.997. The van der Waals surface area contributed by atoms with Gasteiger partial charge in [0, 0.05) is 0 Å². The third-order valence-electron chi connectivity index (χ3n) is 1.41. The van der Waals surface area contributed by atoms with E-state index in [0.717, 1.165) is 0 Å². The maximum atomic E-state index is 10.5. The van der Waals surface area contributed by atoms with E-state index in [1.165, 1.54) is 12.1 Å². The molecule has 0 aliphatic carbocycles. The molecule has 1 rings (SSSR count). The fourth-order valence-electron chi connectivity index (χ4n) is 0.731. The maximum Gasteiger partial charge on any atom is 0.326 e. The van der Waals surface area contributed by atoms with Crippen LogP contribution in [-0.2, 0) is 4.79 Å². The van der Waals surface area contributed by atoms with Gasteiger partial charge >= 0.3 is 5.97 Å². The molecule has 0 saturated heterocycles. The van der Waals surface area contributed by atoms with Crippen LogP contribution < -0.4 is 5.73 Å². The van der Waals surface area contributed by atoms with Gasteiger partial charge in [0.15, 0.2) is 0 Å². The molecule has 70 valence electrons. The quantitative estimate of drug-likeness (QED) is 0.741. The first-order valence-electron chi connectivity index (χ1n) is 3.32. The number of hydrogen-bond acceptors (Lipinski definition) is 3. The van der Waals surface area contributed by atoms with Crippen LogP contribution in [0.4, 0.5) is 0 Å². The molecule has 13 heavy (non-hydrogen) atoms. The van der Waals surface area contributed by atoms with Crippen molar-refractivity contribution in [2.75, 3.05) is 0 Å². The zero-order valence-electron chi connectivity index (χ0n) is 6.37. The van der Waals surface area contributed by atoms with Crippen molar-refractivity contribution in [1.29, 1.82) is 0 Å². The Kier molecular flexibility index (Phi) is 3.08. The number of nitrogens with two attached hydrogens (primary N) is 1. The molecule has 6 heteroatoms. The molecule has 0 amide bonds. The Morgan fingerprint density at radius 2 is 2.15 bits per heavy atom. The lowest BCUT2D eigenvalue weighted by Gasteiger charge is -2.05. The molecular weight excluding hydrogens is 215 g/mol. The zero-order valence-corrected chi connectivity index (χ0v) is 7.88. The normalized spacial score (nSPS) is 12.5. The van der Waals surface area contributed by atoms with Gasteiger partial charge in [-0.1, -0.05) is 23.2 Å². The molecule has 0 bridgehead atoms. The SMILES string of the molecule is N[C@@H](C(=O)O)c1ccc(Cl)c(Cl)n1. The van der Waals surface area contributed by atoms with E-state index in [1.54, 1.807) is 0 Å². The van der Waals surface area contributed by atoms with E-state index in [0.29, 0.717) is 0 Å². The molecule has 4 nitrogen and oxygen atoms in total. The number of aliphatic carboxylic acids is 1. The third kappa shape index (κ3) is 2.30. The van der Waals surface area contributed by atoms with Crippen molar-refractivity contribution in [1.82, 2.24) is 4.98 Å². The third-order valence-corrected chi connectivity index (χ3v) is 2.10. The first-order chi connectivity index (χ1) is 6.02. The minimum Gasteiger partial charge on any atom is -0.480 e. The van der Waals surface area contributed by atoms with Crippen LogP contribution in [0.5, 0.6) is 0 Å². The van der Waals surface area contributed by atoms with E-state index in [1.807, 2.05) is 0 Å². The molecule has 1 heterocycles. The van der Waals surface area contributed by atoms with Crippen LogP contribution in [0.1, 0.15) is 11.7 Å². The molecule has 0 aliphatic rings. The van der Waals surface area contributed by atoms with Gasteiger partial charge in [-0.25, -0.2) is 4.98 Å². The Balaban J connectivity index is 3.03. The number of hydrogen-bond donors (Lipinski definition) is 2. The predicted octanol–water partition coefficient (Wildman–Crippen LogP) is 1.47. The number of rotatable bonds is 2. The Morgan fingerprint density at radius 3 is 2.62 bits per heavy atom. The number of aromatic nitrogens is 1. The summed E-state index contributed by atoms with van der Waals surface area (Å²) in [5.41, 5.74) is 5.48. The standard InChI is InChI=1S/C7H6Cl2N2O2/c8-3-1-2-4(11-6(3)9)5(10)7(12)13/h1-2,5H,10H2,(H,12,13)/t5-/m1/s1. The van der Waals surface area contributed by atoms with Crippen LogP contribution in [0, 0.1) is 0 Å². The van der Waals surface area contributed by atoms with Crippen LogP contribution in [0.2, 0.25) is 10.2 Å². The Labute approximate surface area is 84.3 Å². The highest BCUT2D eigenvalue weighted by atomic mass is 35.5. The molecule has 3 N–H and O–H groups in total. The topological polar surface area (TPSA) is 76.2 Å². The van der Waals surface area contributed by atoms with Crippen molar-refractivity contribution in [2.45, 2.75) is 6.04 Å². The van der Waals surface area contributed by atoms with E-state index >= 15 is 0 Å². The summed E-state index contributed by atoms with van der Waals surface area (Å²) in [7, 11) is 0. The first kappa shape index (κ1) is 10.2. The van der Waals surface area contributed by atoms with Gasteiger partial charge in [0.25, 0.3) is 0 Å². The van der Waals surface area contributed by atoms with Crippen molar-refractivity contribution < 1.29 is 9.90 Å². The number of carboxylic acid groups (broad SMARTS) is 1. The predicted molar refractivity (Wildman–Crippen MR) is 48.8 cm³/mol. The molecule has 0 saturated carbocycles. The van der Waals surface area contributed by atoms with Gasteiger partial charge in [-0.2, -0.15) is 0 Å². The van der Waals surface area contributed by atoms with Gasteiger partial charge in [0.2, 0.25) is 0 Å². The summed E-state index contributed by atoms with van der Waals surface area (Å²) in [6, 6.07) is 1.71. The van der Waals surface area contributed by atoms with Crippen LogP contribution in [0.25, 0.3) is 0 Å². The summed E-state index contributed by atoms with van der Waals surface area (Å²) in [6.45, 7) is 0. The fraction of sp³-hybridized carbons (Fsp3) is 0.143. The van der Waals surface area contributed by atoms with Crippen LogP contribution in [0.3, 0.4) is 0 Å². The molecule has 0 fully saturated rings. The van der Waals surface area contributed by atoms with Crippen molar-refractivity contribution >= 4 is 29.2 Å².